The highest BCUT2D eigenvalue weighted by Crippen LogP contribution is 2.37. The Kier molecular flexibility index (Phi) is 4.66. The Balaban J connectivity index is 1.77. The molecule has 2 aromatic carbocycles. The number of amides is 1. The SMILES string of the molecule is O=C(Cc1ccccc1)NN1C(=S)SC[C@]1(O)c1ccccc1. The quantitative estimate of drug-likeness (QED) is 0.835. The predicted molar refractivity (Wildman–Crippen MR) is 95.5 cm³/mol. The van der Waals surface area contributed by atoms with Gasteiger partial charge >= 0.3 is 0 Å². The van der Waals surface area contributed by atoms with Gasteiger partial charge < -0.3 is 5.11 Å². The summed E-state index contributed by atoms with van der Waals surface area (Å²) in [6, 6.07) is 18.7. The molecule has 0 radical (unpaired) electrons. The fourth-order valence-electron chi connectivity index (χ4n) is 2.44. The van der Waals surface area contributed by atoms with Crippen LogP contribution in [0, 0.1) is 0 Å². The van der Waals surface area contributed by atoms with Crippen molar-refractivity contribution in [1.29, 1.82) is 0 Å². The summed E-state index contributed by atoms with van der Waals surface area (Å²) in [6.45, 7) is 0. The maximum absolute atomic E-state index is 12.3. The molecule has 0 aliphatic carbocycles. The van der Waals surface area contributed by atoms with Crippen molar-refractivity contribution in [1.82, 2.24) is 10.4 Å². The van der Waals surface area contributed by atoms with E-state index in [9.17, 15) is 9.90 Å². The van der Waals surface area contributed by atoms with Crippen molar-refractivity contribution in [2.75, 3.05) is 5.75 Å². The lowest BCUT2D eigenvalue weighted by molar-refractivity contribution is -0.134. The van der Waals surface area contributed by atoms with E-state index in [0.29, 0.717) is 15.6 Å². The van der Waals surface area contributed by atoms with Gasteiger partial charge in [0.05, 0.1) is 12.2 Å². The summed E-state index contributed by atoms with van der Waals surface area (Å²) < 4.78 is 0.456. The summed E-state index contributed by atoms with van der Waals surface area (Å²) in [6.07, 6.45) is 0.232. The Morgan fingerprint density at radius 2 is 1.78 bits per heavy atom. The van der Waals surface area contributed by atoms with Crippen LogP contribution in [0.1, 0.15) is 11.1 Å². The first kappa shape index (κ1) is 16.0. The molecule has 1 aliphatic rings. The van der Waals surface area contributed by atoms with Crippen molar-refractivity contribution in [2.24, 2.45) is 0 Å². The van der Waals surface area contributed by atoms with Gasteiger partial charge in [0.25, 0.3) is 0 Å². The number of thiocarbonyl (C=S) groups is 1. The monoisotopic (exact) mass is 344 g/mol. The van der Waals surface area contributed by atoms with E-state index in [1.165, 1.54) is 16.8 Å². The van der Waals surface area contributed by atoms with E-state index in [4.69, 9.17) is 12.2 Å². The fraction of sp³-hybridized carbons (Fsp3) is 0.176. The fourth-order valence-corrected chi connectivity index (χ4v) is 3.76. The van der Waals surface area contributed by atoms with Crippen molar-refractivity contribution >= 4 is 34.2 Å². The van der Waals surface area contributed by atoms with Crippen LogP contribution in [0.4, 0.5) is 0 Å². The van der Waals surface area contributed by atoms with Crippen molar-refractivity contribution in [2.45, 2.75) is 12.1 Å². The number of nitrogens with one attached hydrogen (secondary N) is 1. The summed E-state index contributed by atoms with van der Waals surface area (Å²) in [5.41, 5.74) is 3.03. The molecule has 1 amide bonds. The number of aliphatic hydroxyl groups is 1. The molecule has 0 aromatic heterocycles. The normalized spacial score (nSPS) is 20.6. The van der Waals surface area contributed by atoms with Crippen LogP contribution in [0.2, 0.25) is 0 Å². The lowest BCUT2D eigenvalue weighted by Crippen LogP contribution is -2.54. The lowest BCUT2D eigenvalue weighted by atomic mass is 10.0. The zero-order valence-electron chi connectivity index (χ0n) is 12.3. The van der Waals surface area contributed by atoms with Crippen LogP contribution in [0.5, 0.6) is 0 Å². The van der Waals surface area contributed by atoms with E-state index in [2.05, 4.69) is 5.43 Å². The van der Waals surface area contributed by atoms with Crippen LogP contribution in [0.15, 0.2) is 60.7 Å². The minimum Gasteiger partial charge on any atom is -0.365 e. The molecule has 1 aliphatic heterocycles. The Bertz CT molecular complexity index is 709. The standard InChI is InChI=1S/C17H16N2O2S2/c20-15(11-13-7-3-1-4-8-13)18-19-16(22)23-12-17(19,21)14-9-5-2-6-10-14/h1-10,21H,11-12H2,(H,18,20)/t17-/m0/s1. The van der Waals surface area contributed by atoms with Crippen LogP contribution < -0.4 is 5.43 Å². The molecule has 1 heterocycles. The number of hydrogen-bond donors (Lipinski definition) is 2. The minimum atomic E-state index is -1.32. The van der Waals surface area contributed by atoms with Gasteiger partial charge in [0, 0.05) is 5.56 Å². The smallest absolute Gasteiger partial charge is 0.243 e. The Morgan fingerprint density at radius 3 is 2.43 bits per heavy atom. The van der Waals surface area contributed by atoms with E-state index >= 15 is 0 Å². The highest BCUT2D eigenvalue weighted by Gasteiger charge is 2.45. The molecule has 0 saturated carbocycles. The van der Waals surface area contributed by atoms with Crippen LogP contribution in [0.3, 0.4) is 0 Å². The van der Waals surface area contributed by atoms with E-state index < -0.39 is 5.72 Å². The molecule has 3 rings (SSSR count). The average molecular weight is 344 g/mol. The summed E-state index contributed by atoms with van der Waals surface area (Å²) in [7, 11) is 0. The molecule has 1 atom stereocenters. The molecule has 0 bridgehead atoms. The van der Waals surface area contributed by atoms with Crippen LogP contribution in [0.25, 0.3) is 0 Å². The second-order valence-electron chi connectivity index (χ2n) is 5.27. The molecule has 23 heavy (non-hydrogen) atoms. The van der Waals surface area contributed by atoms with Crippen molar-refractivity contribution in [3.05, 3.63) is 71.8 Å². The van der Waals surface area contributed by atoms with Crippen molar-refractivity contribution < 1.29 is 9.90 Å². The lowest BCUT2D eigenvalue weighted by Gasteiger charge is -2.34. The largest absolute Gasteiger partial charge is 0.365 e. The summed E-state index contributed by atoms with van der Waals surface area (Å²) >= 11 is 6.63. The van der Waals surface area contributed by atoms with Crippen LogP contribution in [-0.2, 0) is 16.9 Å². The third kappa shape index (κ3) is 3.39. The third-order valence-electron chi connectivity index (χ3n) is 3.63. The highest BCUT2D eigenvalue weighted by atomic mass is 32.2. The Labute approximate surface area is 144 Å². The van der Waals surface area contributed by atoms with E-state index in [1.54, 1.807) is 0 Å². The van der Waals surface area contributed by atoms with Gasteiger partial charge in [-0.15, -0.1) is 0 Å². The zero-order chi connectivity index (χ0) is 16.3. The molecule has 6 heteroatoms. The molecule has 1 fully saturated rings. The number of hydrogen-bond acceptors (Lipinski definition) is 4. The summed E-state index contributed by atoms with van der Waals surface area (Å²) in [5.74, 6) is 0.164. The van der Waals surface area contributed by atoms with E-state index in [0.717, 1.165) is 5.56 Å². The number of nitrogens with zero attached hydrogens (tertiary/aromatic N) is 1. The van der Waals surface area contributed by atoms with Gasteiger partial charge in [-0.3, -0.25) is 10.2 Å². The molecule has 4 nitrogen and oxygen atoms in total. The average Bonchev–Trinajstić information content (AvgIpc) is 2.86. The zero-order valence-corrected chi connectivity index (χ0v) is 13.9. The first-order valence-electron chi connectivity index (χ1n) is 7.18. The first-order valence-corrected chi connectivity index (χ1v) is 8.57. The number of hydrazine groups is 1. The molecule has 2 N–H and O–H groups in total. The number of carbonyl (C=O) groups excluding carboxylic acids is 1. The molecule has 0 spiro atoms. The predicted octanol–water partition coefficient (Wildman–Crippen LogP) is 2.44. The maximum Gasteiger partial charge on any atom is 0.243 e. The number of rotatable bonds is 4. The molecular weight excluding hydrogens is 328 g/mol. The second-order valence-corrected chi connectivity index (χ2v) is 6.88. The molecular formula is C17H16N2O2S2. The maximum atomic E-state index is 12.3. The van der Waals surface area contributed by atoms with Crippen molar-refractivity contribution in [3.63, 3.8) is 0 Å². The number of benzene rings is 2. The molecule has 118 valence electrons. The van der Waals surface area contributed by atoms with Gasteiger partial charge in [0.1, 0.15) is 0 Å². The van der Waals surface area contributed by atoms with Crippen LogP contribution >= 0.6 is 24.0 Å². The van der Waals surface area contributed by atoms with E-state index in [1.807, 2.05) is 60.7 Å². The second kappa shape index (κ2) is 6.70. The van der Waals surface area contributed by atoms with Gasteiger partial charge in [0.15, 0.2) is 10.0 Å². The van der Waals surface area contributed by atoms with Crippen molar-refractivity contribution in [3.8, 4) is 0 Å². The van der Waals surface area contributed by atoms with E-state index in [-0.39, 0.29) is 12.3 Å². The topological polar surface area (TPSA) is 52.6 Å². The van der Waals surface area contributed by atoms with Gasteiger partial charge in [-0.25, -0.2) is 5.01 Å². The summed E-state index contributed by atoms with van der Waals surface area (Å²) in [4.78, 5) is 12.3. The Morgan fingerprint density at radius 1 is 1.17 bits per heavy atom. The van der Waals surface area contributed by atoms with Gasteiger partial charge in [-0.05, 0) is 5.56 Å². The number of thioether (sulfide) groups is 1. The highest BCUT2D eigenvalue weighted by molar-refractivity contribution is 8.23. The molecule has 2 aromatic rings. The molecule has 0 unspecified atom stereocenters. The first-order chi connectivity index (χ1) is 11.1. The van der Waals surface area contributed by atoms with Gasteiger partial charge in [0.2, 0.25) is 5.91 Å². The summed E-state index contributed by atoms with van der Waals surface area (Å²) in [5, 5.41) is 12.4. The Hall–Kier alpha value is -1.89. The van der Waals surface area contributed by atoms with Gasteiger partial charge in [-0.2, -0.15) is 0 Å². The minimum absolute atomic E-state index is 0.213. The van der Waals surface area contributed by atoms with Gasteiger partial charge in [-0.1, -0.05) is 84.6 Å². The van der Waals surface area contributed by atoms with Crippen LogP contribution in [-0.4, -0.2) is 26.1 Å². The molecule has 1 saturated heterocycles. The third-order valence-corrected chi connectivity index (χ3v) is 5.14. The number of carbonyl (C=O) groups is 1.